The highest BCUT2D eigenvalue weighted by atomic mass is 35.5. The van der Waals surface area contributed by atoms with E-state index in [1.165, 1.54) is 26.0 Å². The van der Waals surface area contributed by atoms with E-state index in [0.717, 1.165) is 37.6 Å². The number of fused-ring (bicyclic) bond motifs is 4. The van der Waals surface area contributed by atoms with Gasteiger partial charge in [0, 0.05) is 47.7 Å². The zero-order valence-electron chi connectivity index (χ0n) is 42.1. The number of hydrogen-bond acceptors (Lipinski definition) is 14. The van der Waals surface area contributed by atoms with Gasteiger partial charge in [-0.05, 0) is 75.3 Å². The van der Waals surface area contributed by atoms with Gasteiger partial charge in [0.2, 0.25) is 22.7 Å². The molecule has 2 aromatic carbocycles. The first-order valence-electron chi connectivity index (χ1n) is 23.2. The summed E-state index contributed by atoms with van der Waals surface area (Å²) < 4.78 is 224. The summed E-state index contributed by atoms with van der Waals surface area (Å²) in [6.45, 7) is -3.36. The van der Waals surface area contributed by atoms with Gasteiger partial charge in [-0.15, -0.1) is 0 Å². The minimum absolute atomic E-state index is 0.00204. The Bertz CT molecular complexity index is 3540. The van der Waals surface area contributed by atoms with Crippen molar-refractivity contribution in [3.05, 3.63) is 93.0 Å². The number of alkyl halides is 8. The summed E-state index contributed by atoms with van der Waals surface area (Å²) in [5.74, 6) is -11.4. The smallest absolute Gasteiger partial charge is 0.447 e. The van der Waals surface area contributed by atoms with Crippen LogP contribution in [-0.4, -0.2) is 125 Å². The molecule has 3 amide bonds. The molecule has 0 spiro atoms. The molecule has 1 fully saturated rings. The second kappa shape index (κ2) is 22.0. The van der Waals surface area contributed by atoms with Gasteiger partial charge in [0.1, 0.15) is 37.0 Å². The monoisotopic (exact) mass is 1230 g/mol. The number of carbonyl (C=O) groups excluding carboxylic acids is 3. The summed E-state index contributed by atoms with van der Waals surface area (Å²) in [5, 5.41) is 8.41. The van der Waals surface area contributed by atoms with Gasteiger partial charge in [-0.2, -0.15) is 49.6 Å². The second-order valence-electron chi connectivity index (χ2n) is 19.3. The number of benzene rings is 2. The molecule has 3 atom stereocenters. The van der Waals surface area contributed by atoms with Gasteiger partial charge in [-0.3, -0.25) is 19.1 Å². The molecule has 0 aliphatic heterocycles. The molecule has 1 saturated carbocycles. The second-order valence-corrected chi connectivity index (χ2v) is 25.5. The number of pyridine rings is 1. The maximum Gasteiger partial charge on any atom is 0.472 e. The molecule has 2 aliphatic carbocycles. The number of amides is 3. The summed E-state index contributed by atoms with van der Waals surface area (Å²) in [5.41, 5.74) is -5.79. The number of ether oxygens (including phenoxy) is 2. The van der Waals surface area contributed by atoms with Crippen LogP contribution in [0, 0.1) is 17.6 Å². The van der Waals surface area contributed by atoms with Gasteiger partial charge in [0.15, 0.2) is 21.3 Å². The summed E-state index contributed by atoms with van der Waals surface area (Å²) in [7, 11) is -12.8. The Labute approximate surface area is 452 Å². The fourth-order valence-electron chi connectivity index (χ4n) is 8.87. The van der Waals surface area contributed by atoms with E-state index < -0.39 is 188 Å². The Balaban J connectivity index is 1.38. The first-order valence-corrected chi connectivity index (χ1v) is 28.8. The normalized spacial score (nSPS) is 16.7. The van der Waals surface area contributed by atoms with Crippen molar-refractivity contribution in [2.45, 2.75) is 87.6 Å². The van der Waals surface area contributed by atoms with Gasteiger partial charge in [0.05, 0.1) is 45.2 Å². The predicted octanol–water partition coefficient (Wildman–Crippen LogP) is 7.91. The van der Waals surface area contributed by atoms with Crippen molar-refractivity contribution >= 4 is 74.1 Å². The zero-order valence-corrected chi connectivity index (χ0v) is 45.4. The first-order chi connectivity index (χ1) is 36.7. The van der Waals surface area contributed by atoms with Crippen LogP contribution in [0.2, 0.25) is 5.02 Å². The number of sulfone groups is 1. The van der Waals surface area contributed by atoms with Gasteiger partial charge in [-0.1, -0.05) is 23.7 Å². The zero-order chi connectivity index (χ0) is 59.6. The number of anilines is 1. The molecule has 3 aromatic heterocycles. The van der Waals surface area contributed by atoms with E-state index in [1.54, 1.807) is 0 Å². The van der Waals surface area contributed by atoms with Crippen LogP contribution in [0.15, 0.2) is 42.5 Å². The van der Waals surface area contributed by atoms with Crippen molar-refractivity contribution in [3.63, 3.8) is 0 Å². The Morgan fingerprint density at radius 2 is 1.57 bits per heavy atom. The topological polar surface area (TPSA) is 272 Å². The highest BCUT2D eigenvalue weighted by molar-refractivity contribution is 7.92. The molecule has 2 aliphatic rings. The van der Waals surface area contributed by atoms with Crippen LogP contribution in [-0.2, 0) is 81.2 Å². The van der Waals surface area contributed by atoms with E-state index in [-0.39, 0.29) is 49.8 Å². The number of nitrogens with zero attached hydrogens (tertiary/aromatic N) is 7. The highest BCUT2D eigenvalue weighted by Gasteiger charge is 2.68. The van der Waals surface area contributed by atoms with Crippen LogP contribution in [0.5, 0.6) is 0 Å². The van der Waals surface area contributed by atoms with E-state index in [9.17, 15) is 70.9 Å². The molecule has 80 heavy (non-hydrogen) atoms. The van der Waals surface area contributed by atoms with Crippen LogP contribution in [0.3, 0.4) is 0 Å². The van der Waals surface area contributed by atoms with E-state index in [0.29, 0.717) is 17.2 Å². The lowest BCUT2D eigenvalue weighted by Gasteiger charge is -2.25. The third-order valence-corrected chi connectivity index (χ3v) is 16.9. The molecule has 0 saturated heterocycles. The highest BCUT2D eigenvalue weighted by Crippen LogP contribution is 2.68. The van der Waals surface area contributed by atoms with E-state index in [2.05, 4.69) is 29.8 Å². The maximum absolute atomic E-state index is 15.6. The van der Waals surface area contributed by atoms with Gasteiger partial charge < -0.3 is 29.5 Å². The number of likely N-dealkylation sites (N-methyl/N-ethyl adjacent to an activating group) is 1. The van der Waals surface area contributed by atoms with Crippen LogP contribution in [0.4, 0.5) is 59.3 Å². The number of aromatic nitrogens is 5. The van der Waals surface area contributed by atoms with Crippen LogP contribution < -0.4 is 9.62 Å². The van der Waals surface area contributed by atoms with E-state index >= 15 is 8.78 Å². The average Bonchev–Trinajstić information content (AvgIpc) is 3.81. The Morgan fingerprint density at radius 1 is 0.938 bits per heavy atom. The Kier molecular flexibility index (Phi) is 16.9. The maximum atomic E-state index is 15.6. The number of sulfonamides is 1. The number of phosphoric acid groups is 1. The third-order valence-electron chi connectivity index (χ3n) is 13.0. The van der Waals surface area contributed by atoms with Crippen molar-refractivity contribution in [2.24, 2.45) is 5.92 Å². The standard InChI is InChI=1S/C45H46ClF10N8O13PS2/c1-42(2,79(4,71)72)11-10-25-6-7-26(35(57-25)31(16-22-14-23(47)17-24(48)15-22)58-32(65)19-62-38-33(37(59-62)45(54,55)56)28-18-29(28)44(38,52)53)27-8-9-30(46)34-36(27)63(20-43(49,50)51)60-39(34)64(80(5,73)74)41(67)75-13-12-61(3)40(66)76-21-77-78(68,69)70/h6-9,14-15,17,28-29,31H,10-13,16,18-21H2,1-5H3,(H,58,65)(H2,68,69,70)/t28?,29-,31+/m1/s1. The molecular weight excluding hydrogens is 1180 g/mol. The molecular formula is C45H46ClF10N8O13PS2. The van der Waals surface area contributed by atoms with Crippen molar-refractivity contribution in [2.75, 3.05) is 43.8 Å². The number of phosphoric ester groups is 1. The largest absolute Gasteiger partial charge is 0.472 e. The van der Waals surface area contributed by atoms with Crippen LogP contribution in [0.1, 0.15) is 72.6 Å². The van der Waals surface area contributed by atoms with E-state index in [1.807, 2.05) is 0 Å². The molecule has 0 bridgehead atoms. The van der Waals surface area contributed by atoms with Crippen molar-refractivity contribution in [3.8, 4) is 11.1 Å². The SMILES string of the molecule is CN(CCOC(=O)N(c1nn(CC(F)(F)F)c2c(-c3ccc(CCC(C)(C)S(C)(=O)=O)nc3[C@H](Cc3cc(F)cc(F)c3)NC(=O)Cn3nc(C(F)(F)F)c4c3C(F)(F)[C@@H]3CC43)ccc(Cl)c12)S(C)(=O)=O)C(=O)OCOP(=O)(O)O. The lowest BCUT2D eigenvalue weighted by Crippen LogP contribution is -2.39. The molecule has 5 aromatic rings. The number of carbonyl (C=O) groups is 3. The van der Waals surface area contributed by atoms with Crippen molar-refractivity contribution in [1.29, 1.82) is 0 Å². The minimum Gasteiger partial charge on any atom is -0.447 e. The fraction of sp³-hybridized carbons (Fsp3) is 0.467. The summed E-state index contributed by atoms with van der Waals surface area (Å²) in [4.78, 5) is 63.2. The minimum atomic E-state index is -5.25. The van der Waals surface area contributed by atoms with Gasteiger partial charge in [-0.25, -0.2) is 44.3 Å². The molecule has 0 radical (unpaired) electrons. The quantitative estimate of drug-likeness (QED) is 0.0379. The number of hydrogen-bond donors (Lipinski definition) is 3. The average molecular weight is 1230 g/mol. The van der Waals surface area contributed by atoms with Crippen LogP contribution >= 0.6 is 19.4 Å². The van der Waals surface area contributed by atoms with Gasteiger partial charge in [0.25, 0.3) is 5.92 Å². The Hall–Kier alpha value is -6.12. The number of nitrogens with one attached hydrogen (secondary N) is 1. The molecule has 21 nitrogen and oxygen atoms in total. The van der Waals surface area contributed by atoms with Crippen molar-refractivity contribution in [1.82, 2.24) is 34.8 Å². The first kappa shape index (κ1) is 61.5. The molecule has 1 unspecified atom stereocenters. The molecule has 3 heterocycles. The lowest BCUT2D eigenvalue weighted by atomic mass is 9.93. The number of halogens is 11. The van der Waals surface area contributed by atoms with Crippen molar-refractivity contribution < 1.29 is 103 Å². The lowest BCUT2D eigenvalue weighted by molar-refractivity contribution is -0.143. The summed E-state index contributed by atoms with van der Waals surface area (Å²) in [6.07, 6.45) is -13.6. The number of rotatable bonds is 20. The molecule has 35 heteroatoms. The van der Waals surface area contributed by atoms with Gasteiger partial charge >= 0.3 is 32.4 Å². The van der Waals surface area contributed by atoms with Crippen LogP contribution in [0.25, 0.3) is 22.0 Å². The molecule has 7 rings (SSSR count). The van der Waals surface area contributed by atoms with E-state index in [4.69, 9.17) is 26.1 Å². The predicted molar refractivity (Wildman–Crippen MR) is 260 cm³/mol. The summed E-state index contributed by atoms with van der Waals surface area (Å²) >= 11 is 6.64. The molecule has 438 valence electrons. The third kappa shape index (κ3) is 13.6. The molecule has 3 N–H and O–H groups in total. The summed E-state index contributed by atoms with van der Waals surface area (Å²) in [6, 6.07) is 4.78. The number of aryl methyl sites for hydroxylation is 1. The Morgan fingerprint density at radius 3 is 2.16 bits per heavy atom. The fourth-order valence-corrected chi connectivity index (χ4v) is 10.5.